The molecule has 1 aliphatic carbocycles. The first-order chi connectivity index (χ1) is 7.47. The number of carboxylic acid groups (broad SMARTS) is 1. The van der Waals surface area contributed by atoms with Crippen LogP contribution in [0, 0.1) is 5.95 Å². The number of nitrogens with zero attached hydrogens (tertiary/aromatic N) is 1. The van der Waals surface area contributed by atoms with Crippen LogP contribution in [-0.4, -0.2) is 22.1 Å². The SMILES string of the molecule is NC(C(=O)O)C1(c2cc(Br)cnc2F)CC1. The van der Waals surface area contributed by atoms with Gasteiger partial charge < -0.3 is 10.8 Å². The maximum Gasteiger partial charge on any atom is 0.321 e. The fourth-order valence-electron chi connectivity index (χ4n) is 1.89. The molecule has 0 bridgehead atoms. The number of carbonyl (C=O) groups is 1. The minimum atomic E-state index is -1.11. The van der Waals surface area contributed by atoms with E-state index in [1.165, 1.54) is 6.20 Å². The maximum atomic E-state index is 13.5. The van der Waals surface area contributed by atoms with Crippen molar-refractivity contribution in [2.45, 2.75) is 24.3 Å². The Kier molecular flexibility index (Phi) is 2.71. The first-order valence-corrected chi connectivity index (χ1v) is 5.56. The van der Waals surface area contributed by atoms with Gasteiger partial charge in [-0.05, 0) is 34.8 Å². The molecule has 1 atom stereocenters. The lowest BCUT2D eigenvalue weighted by Gasteiger charge is -2.20. The maximum absolute atomic E-state index is 13.5. The third-order valence-electron chi connectivity index (χ3n) is 2.99. The second-order valence-electron chi connectivity index (χ2n) is 3.96. The summed E-state index contributed by atoms with van der Waals surface area (Å²) in [5.74, 6) is -1.76. The molecule has 16 heavy (non-hydrogen) atoms. The summed E-state index contributed by atoms with van der Waals surface area (Å²) in [6.45, 7) is 0. The molecule has 1 aromatic heterocycles. The minimum Gasteiger partial charge on any atom is -0.480 e. The topological polar surface area (TPSA) is 76.2 Å². The number of aromatic nitrogens is 1. The largest absolute Gasteiger partial charge is 0.480 e. The van der Waals surface area contributed by atoms with Gasteiger partial charge in [0.25, 0.3) is 0 Å². The first kappa shape index (κ1) is 11.5. The van der Waals surface area contributed by atoms with Crippen molar-refractivity contribution in [1.82, 2.24) is 4.98 Å². The standard InChI is InChI=1S/C10H10BrFN2O2/c11-5-3-6(8(12)14-4-5)10(1-2-10)7(13)9(15)16/h3-4,7H,1-2,13H2,(H,15,16). The van der Waals surface area contributed by atoms with E-state index in [4.69, 9.17) is 10.8 Å². The zero-order chi connectivity index (χ0) is 11.9. The average Bonchev–Trinajstić information content (AvgIpc) is 3.01. The van der Waals surface area contributed by atoms with Crippen LogP contribution in [0.2, 0.25) is 0 Å². The summed E-state index contributed by atoms with van der Waals surface area (Å²) in [6.07, 6.45) is 2.49. The van der Waals surface area contributed by atoms with E-state index < -0.39 is 23.4 Å². The molecule has 2 rings (SSSR count). The van der Waals surface area contributed by atoms with Gasteiger partial charge in [0.05, 0.1) is 0 Å². The molecule has 3 N–H and O–H groups in total. The molecule has 0 aromatic carbocycles. The molecule has 4 nitrogen and oxygen atoms in total. The molecule has 6 heteroatoms. The van der Waals surface area contributed by atoms with Crippen LogP contribution in [-0.2, 0) is 10.2 Å². The Morgan fingerprint density at radius 1 is 1.69 bits per heavy atom. The molecule has 0 radical (unpaired) electrons. The number of rotatable bonds is 3. The van der Waals surface area contributed by atoms with Crippen LogP contribution in [0.1, 0.15) is 18.4 Å². The fraction of sp³-hybridized carbons (Fsp3) is 0.400. The van der Waals surface area contributed by atoms with E-state index in [0.717, 1.165) is 0 Å². The molecule has 1 aromatic rings. The number of pyridine rings is 1. The molecule has 1 fully saturated rings. The highest BCUT2D eigenvalue weighted by atomic mass is 79.9. The third-order valence-corrected chi connectivity index (χ3v) is 3.43. The van der Waals surface area contributed by atoms with Crippen molar-refractivity contribution < 1.29 is 14.3 Å². The van der Waals surface area contributed by atoms with Crippen molar-refractivity contribution in [2.24, 2.45) is 5.73 Å². The van der Waals surface area contributed by atoms with Crippen LogP contribution in [0.4, 0.5) is 4.39 Å². The molecule has 1 unspecified atom stereocenters. The number of nitrogens with two attached hydrogens (primary N) is 1. The summed E-state index contributed by atoms with van der Waals surface area (Å²) in [5, 5.41) is 8.90. The molecule has 86 valence electrons. The van der Waals surface area contributed by atoms with Gasteiger partial charge in [-0.25, -0.2) is 4.98 Å². The summed E-state index contributed by atoms with van der Waals surface area (Å²) < 4.78 is 14.2. The van der Waals surface area contributed by atoms with Crippen molar-refractivity contribution in [3.63, 3.8) is 0 Å². The highest BCUT2D eigenvalue weighted by molar-refractivity contribution is 9.10. The Morgan fingerprint density at radius 3 is 2.81 bits per heavy atom. The summed E-state index contributed by atoms with van der Waals surface area (Å²) in [7, 11) is 0. The Bertz CT molecular complexity index is 448. The lowest BCUT2D eigenvalue weighted by atomic mass is 9.89. The van der Waals surface area contributed by atoms with E-state index in [1.807, 2.05) is 0 Å². The van der Waals surface area contributed by atoms with E-state index in [2.05, 4.69) is 20.9 Å². The molecule has 1 saturated carbocycles. The van der Waals surface area contributed by atoms with Crippen LogP contribution < -0.4 is 5.73 Å². The smallest absolute Gasteiger partial charge is 0.321 e. The minimum absolute atomic E-state index is 0.289. The van der Waals surface area contributed by atoms with E-state index in [9.17, 15) is 9.18 Å². The third kappa shape index (κ3) is 1.72. The monoisotopic (exact) mass is 288 g/mol. The molecule has 0 amide bonds. The van der Waals surface area contributed by atoms with Gasteiger partial charge in [-0.1, -0.05) is 0 Å². The van der Waals surface area contributed by atoms with Crippen LogP contribution in [0.25, 0.3) is 0 Å². The average molecular weight is 289 g/mol. The summed E-state index contributed by atoms with van der Waals surface area (Å²) in [6, 6.07) is 0.469. The molecule has 0 saturated heterocycles. The summed E-state index contributed by atoms with van der Waals surface area (Å²) in [5.41, 5.74) is 5.10. The fourth-order valence-corrected chi connectivity index (χ4v) is 2.22. The van der Waals surface area contributed by atoms with Gasteiger partial charge in [0.1, 0.15) is 6.04 Å². The predicted octanol–water partition coefficient (Wildman–Crippen LogP) is 1.43. The number of hydrogen-bond acceptors (Lipinski definition) is 3. The van der Waals surface area contributed by atoms with Gasteiger partial charge in [0.15, 0.2) is 0 Å². The van der Waals surface area contributed by atoms with Gasteiger partial charge >= 0.3 is 5.97 Å². The van der Waals surface area contributed by atoms with Crippen molar-refractivity contribution in [2.75, 3.05) is 0 Å². The first-order valence-electron chi connectivity index (χ1n) is 4.77. The van der Waals surface area contributed by atoms with Gasteiger partial charge in [0.2, 0.25) is 5.95 Å². The highest BCUT2D eigenvalue weighted by Gasteiger charge is 2.54. The van der Waals surface area contributed by atoms with Gasteiger partial charge in [0, 0.05) is 21.6 Å². The Balaban J connectivity index is 2.44. The number of aliphatic carboxylic acids is 1. The Labute approximate surface area is 99.8 Å². The van der Waals surface area contributed by atoms with E-state index >= 15 is 0 Å². The zero-order valence-corrected chi connectivity index (χ0v) is 9.87. The highest BCUT2D eigenvalue weighted by Crippen LogP contribution is 2.51. The number of carboxylic acids is 1. The van der Waals surface area contributed by atoms with Crippen molar-refractivity contribution in [3.05, 3.63) is 28.2 Å². The lowest BCUT2D eigenvalue weighted by Crippen LogP contribution is -2.42. The van der Waals surface area contributed by atoms with E-state index in [0.29, 0.717) is 17.3 Å². The normalized spacial score (nSPS) is 19.2. The van der Waals surface area contributed by atoms with Gasteiger partial charge in [-0.15, -0.1) is 0 Å². The predicted molar refractivity (Wildman–Crippen MR) is 58.4 cm³/mol. The van der Waals surface area contributed by atoms with E-state index in [-0.39, 0.29) is 5.56 Å². The molecule has 0 aliphatic heterocycles. The summed E-state index contributed by atoms with van der Waals surface area (Å²) in [4.78, 5) is 14.4. The van der Waals surface area contributed by atoms with Gasteiger partial charge in [-0.3, -0.25) is 4.79 Å². The van der Waals surface area contributed by atoms with Crippen molar-refractivity contribution in [3.8, 4) is 0 Å². The van der Waals surface area contributed by atoms with E-state index in [1.54, 1.807) is 6.07 Å². The second-order valence-corrected chi connectivity index (χ2v) is 4.88. The quantitative estimate of drug-likeness (QED) is 0.825. The van der Waals surface area contributed by atoms with Crippen LogP contribution in [0.5, 0.6) is 0 Å². The van der Waals surface area contributed by atoms with Crippen molar-refractivity contribution in [1.29, 1.82) is 0 Å². The van der Waals surface area contributed by atoms with Crippen LogP contribution in [0.15, 0.2) is 16.7 Å². The molecule has 1 heterocycles. The summed E-state index contributed by atoms with van der Waals surface area (Å²) >= 11 is 3.19. The van der Waals surface area contributed by atoms with Gasteiger partial charge in [-0.2, -0.15) is 4.39 Å². The second kappa shape index (κ2) is 3.78. The Hall–Kier alpha value is -1.01. The molecule has 0 spiro atoms. The molecule has 1 aliphatic rings. The lowest BCUT2D eigenvalue weighted by molar-refractivity contribution is -0.139. The number of halogens is 2. The zero-order valence-electron chi connectivity index (χ0n) is 8.28. The molecular formula is C10H10BrFN2O2. The number of hydrogen-bond donors (Lipinski definition) is 2. The van der Waals surface area contributed by atoms with Crippen LogP contribution >= 0.6 is 15.9 Å². The van der Waals surface area contributed by atoms with Crippen LogP contribution in [0.3, 0.4) is 0 Å². The van der Waals surface area contributed by atoms with Crippen molar-refractivity contribution >= 4 is 21.9 Å². The Morgan fingerprint density at radius 2 is 2.31 bits per heavy atom. The molecular weight excluding hydrogens is 279 g/mol.